The average Bonchev–Trinajstić information content (AvgIpc) is 2.81. The van der Waals surface area contributed by atoms with Gasteiger partial charge in [0.15, 0.2) is 0 Å². The highest BCUT2D eigenvalue weighted by Crippen LogP contribution is 2.22. The molecule has 0 aliphatic rings. The summed E-state index contributed by atoms with van der Waals surface area (Å²) in [6.07, 6.45) is 1.84. The first-order chi connectivity index (χ1) is 16.3. The number of halogens is 1. The van der Waals surface area contributed by atoms with Crippen LogP contribution in [-0.2, 0) is 18.4 Å². The van der Waals surface area contributed by atoms with E-state index in [1.165, 1.54) is 16.7 Å². The van der Waals surface area contributed by atoms with Crippen molar-refractivity contribution in [2.75, 3.05) is 25.0 Å². The summed E-state index contributed by atoms with van der Waals surface area (Å²) in [5.41, 5.74) is 4.87. The van der Waals surface area contributed by atoms with E-state index in [0.29, 0.717) is 6.54 Å². The van der Waals surface area contributed by atoms with Gasteiger partial charge in [0.2, 0.25) is 0 Å². The van der Waals surface area contributed by atoms with E-state index < -0.39 is 0 Å². The van der Waals surface area contributed by atoms with E-state index in [1.807, 2.05) is 42.5 Å². The topological polar surface area (TPSA) is 44.4 Å². The van der Waals surface area contributed by atoms with Gasteiger partial charge in [0.1, 0.15) is 0 Å². The fraction of sp³-hybridized carbons (Fsp3) is 0.345. The molecule has 0 saturated heterocycles. The van der Waals surface area contributed by atoms with Gasteiger partial charge in [-0.25, -0.2) is 4.79 Å². The number of hydrogen-bond donors (Lipinski definition) is 2. The van der Waals surface area contributed by atoms with Crippen LogP contribution in [-0.4, -0.2) is 30.6 Å². The number of carbonyl (C=O) groups is 1. The normalized spacial score (nSPS) is 11.4. The van der Waals surface area contributed by atoms with Crippen LogP contribution in [0.5, 0.6) is 0 Å². The van der Waals surface area contributed by atoms with Crippen molar-refractivity contribution in [1.29, 1.82) is 0 Å². The molecule has 4 nitrogen and oxygen atoms in total. The molecule has 0 aromatic heterocycles. The highest BCUT2D eigenvalue weighted by molar-refractivity contribution is 6.30. The number of hydrogen-bond acceptors (Lipinski definition) is 2. The minimum absolute atomic E-state index is 0.152. The summed E-state index contributed by atoms with van der Waals surface area (Å²) in [4.78, 5) is 14.6. The van der Waals surface area contributed by atoms with Crippen LogP contribution in [0.1, 0.15) is 43.9 Å². The average molecular weight is 478 g/mol. The standard InChI is InChI=1S/C29H36ClN3O/c1-29(2,3)25-14-10-24(11-15-25)22-33(21-18-23-12-16-26(30)17-13-23)20-7-19-31-28(34)32-27-8-5-4-6-9-27/h4-6,8-17H,7,18-22H2,1-3H3,(H2,31,32,34). The zero-order chi connectivity index (χ0) is 24.4. The van der Waals surface area contributed by atoms with Gasteiger partial charge in [-0.05, 0) is 59.2 Å². The summed E-state index contributed by atoms with van der Waals surface area (Å²) in [6, 6.07) is 26.4. The van der Waals surface area contributed by atoms with Gasteiger partial charge in [-0.15, -0.1) is 0 Å². The van der Waals surface area contributed by atoms with Gasteiger partial charge < -0.3 is 10.6 Å². The summed E-state index contributed by atoms with van der Waals surface area (Å²) >= 11 is 6.04. The lowest BCUT2D eigenvalue weighted by molar-refractivity contribution is 0.247. The van der Waals surface area contributed by atoms with Crippen molar-refractivity contribution in [3.63, 3.8) is 0 Å². The maximum Gasteiger partial charge on any atom is 0.319 e. The van der Waals surface area contributed by atoms with Crippen LogP contribution in [0.15, 0.2) is 78.9 Å². The Morgan fingerprint density at radius 2 is 1.50 bits per heavy atom. The molecule has 0 spiro atoms. The summed E-state index contributed by atoms with van der Waals surface area (Å²) in [5, 5.41) is 6.59. The molecule has 0 radical (unpaired) electrons. The smallest absolute Gasteiger partial charge is 0.319 e. The minimum Gasteiger partial charge on any atom is -0.338 e. The lowest BCUT2D eigenvalue weighted by atomic mass is 9.87. The zero-order valence-electron chi connectivity index (χ0n) is 20.5. The van der Waals surface area contributed by atoms with Crippen molar-refractivity contribution < 1.29 is 4.79 Å². The largest absolute Gasteiger partial charge is 0.338 e. The number of urea groups is 1. The van der Waals surface area contributed by atoms with Crippen molar-refractivity contribution in [3.05, 3.63) is 101 Å². The molecular formula is C29H36ClN3O. The second-order valence-corrected chi connectivity index (χ2v) is 10.1. The minimum atomic E-state index is -0.170. The molecule has 34 heavy (non-hydrogen) atoms. The van der Waals surface area contributed by atoms with E-state index in [9.17, 15) is 4.79 Å². The number of amides is 2. The van der Waals surface area contributed by atoms with Crippen LogP contribution in [0.4, 0.5) is 10.5 Å². The Morgan fingerprint density at radius 3 is 2.15 bits per heavy atom. The molecule has 3 rings (SSSR count). The molecule has 0 aliphatic heterocycles. The Hall–Kier alpha value is -2.82. The van der Waals surface area contributed by atoms with Crippen LogP contribution >= 0.6 is 11.6 Å². The number of carbonyl (C=O) groups excluding carboxylic acids is 1. The predicted molar refractivity (Wildman–Crippen MR) is 144 cm³/mol. The molecule has 180 valence electrons. The molecular weight excluding hydrogens is 442 g/mol. The first kappa shape index (κ1) is 25.8. The molecule has 3 aromatic rings. The fourth-order valence-corrected chi connectivity index (χ4v) is 3.90. The van der Waals surface area contributed by atoms with Gasteiger partial charge in [-0.1, -0.05) is 87.0 Å². The van der Waals surface area contributed by atoms with Crippen molar-refractivity contribution in [3.8, 4) is 0 Å². The van der Waals surface area contributed by atoms with E-state index in [-0.39, 0.29) is 11.4 Å². The first-order valence-electron chi connectivity index (χ1n) is 12.0. The van der Waals surface area contributed by atoms with E-state index in [2.05, 4.69) is 72.7 Å². The highest BCUT2D eigenvalue weighted by Gasteiger charge is 2.14. The lowest BCUT2D eigenvalue weighted by Crippen LogP contribution is -2.33. The van der Waals surface area contributed by atoms with Crippen LogP contribution in [0.2, 0.25) is 5.02 Å². The third-order valence-electron chi connectivity index (χ3n) is 5.82. The molecule has 0 atom stereocenters. The molecule has 2 amide bonds. The first-order valence-corrected chi connectivity index (χ1v) is 12.3. The molecule has 0 heterocycles. The van der Waals surface area contributed by atoms with Crippen molar-refractivity contribution in [2.24, 2.45) is 0 Å². The third kappa shape index (κ3) is 8.85. The van der Waals surface area contributed by atoms with Crippen LogP contribution in [0, 0.1) is 0 Å². The Bertz CT molecular complexity index is 1010. The fourth-order valence-electron chi connectivity index (χ4n) is 3.78. The number of nitrogens with one attached hydrogen (secondary N) is 2. The SMILES string of the molecule is CC(C)(C)c1ccc(CN(CCCNC(=O)Nc2ccccc2)CCc2ccc(Cl)cc2)cc1. The van der Waals surface area contributed by atoms with E-state index in [4.69, 9.17) is 11.6 Å². The Labute approximate surface area is 209 Å². The molecule has 0 fully saturated rings. The lowest BCUT2D eigenvalue weighted by Gasteiger charge is -2.24. The molecule has 0 saturated carbocycles. The van der Waals surface area contributed by atoms with Gasteiger partial charge in [0, 0.05) is 36.9 Å². The molecule has 5 heteroatoms. The molecule has 0 bridgehead atoms. The van der Waals surface area contributed by atoms with E-state index in [0.717, 1.165) is 43.2 Å². The molecule has 0 aliphatic carbocycles. The number of benzene rings is 3. The van der Waals surface area contributed by atoms with E-state index >= 15 is 0 Å². The van der Waals surface area contributed by atoms with Gasteiger partial charge in [-0.3, -0.25) is 4.90 Å². The Morgan fingerprint density at radius 1 is 0.853 bits per heavy atom. The molecule has 0 unspecified atom stereocenters. The molecule has 3 aromatic carbocycles. The van der Waals surface area contributed by atoms with Gasteiger partial charge >= 0.3 is 6.03 Å². The number of nitrogens with zero attached hydrogens (tertiary/aromatic N) is 1. The van der Waals surface area contributed by atoms with Gasteiger partial charge in [0.25, 0.3) is 0 Å². The van der Waals surface area contributed by atoms with E-state index in [1.54, 1.807) is 0 Å². The monoisotopic (exact) mass is 477 g/mol. The van der Waals surface area contributed by atoms with Crippen molar-refractivity contribution in [1.82, 2.24) is 10.2 Å². The Balaban J connectivity index is 1.53. The maximum absolute atomic E-state index is 12.2. The number of rotatable bonds is 10. The summed E-state index contributed by atoms with van der Waals surface area (Å²) in [5.74, 6) is 0. The highest BCUT2D eigenvalue weighted by atomic mass is 35.5. The van der Waals surface area contributed by atoms with Crippen LogP contribution in [0.3, 0.4) is 0 Å². The quantitative estimate of drug-likeness (QED) is 0.312. The molecule has 2 N–H and O–H groups in total. The summed E-state index contributed by atoms with van der Waals surface area (Å²) < 4.78 is 0. The number of anilines is 1. The van der Waals surface area contributed by atoms with Gasteiger partial charge in [-0.2, -0.15) is 0 Å². The second kappa shape index (κ2) is 12.6. The predicted octanol–water partition coefficient (Wildman–Crippen LogP) is 6.89. The van der Waals surface area contributed by atoms with Crippen LogP contribution < -0.4 is 10.6 Å². The van der Waals surface area contributed by atoms with Gasteiger partial charge in [0.05, 0.1) is 0 Å². The Kier molecular flexibility index (Phi) is 9.55. The second-order valence-electron chi connectivity index (χ2n) is 9.70. The van der Waals surface area contributed by atoms with Crippen molar-refractivity contribution in [2.45, 2.75) is 45.6 Å². The zero-order valence-corrected chi connectivity index (χ0v) is 21.2. The maximum atomic E-state index is 12.2. The van der Waals surface area contributed by atoms with Crippen molar-refractivity contribution >= 4 is 23.3 Å². The summed E-state index contributed by atoms with van der Waals surface area (Å²) in [6.45, 7) is 10.1. The van der Waals surface area contributed by atoms with Crippen LogP contribution in [0.25, 0.3) is 0 Å². The number of para-hydroxylation sites is 1. The third-order valence-corrected chi connectivity index (χ3v) is 6.08. The summed E-state index contributed by atoms with van der Waals surface area (Å²) in [7, 11) is 0.